The molecule has 0 saturated heterocycles. The molecule has 2 nitrogen and oxygen atoms in total. The molecule has 1 saturated carbocycles. The van der Waals surface area contributed by atoms with Gasteiger partial charge in [0.25, 0.3) is 0 Å². The van der Waals surface area contributed by atoms with E-state index in [1.807, 2.05) is 0 Å². The number of nitrogens with one attached hydrogen (secondary N) is 1. The lowest BCUT2D eigenvalue weighted by Crippen LogP contribution is -2.31. The Bertz CT molecular complexity index is 447. The summed E-state index contributed by atoms with van der Waals surface area (Å²) in [5.74, 6) is -0.820. The molecule has 0 aromatic heterocycles. The minimum absolute atomic E-state index is 0.0292. The summed E-state index contributed by atoms with van der Waals surface area (Å²) in [6.45, 7) is 5.14. The lowest BCUT2D eigenvalue weighted by molar-refractivity contribution is 0.310. The first-order valence-electron chi connectivity index (χ1n) is 7.16. The van der Waals surface area contributed by atoms with E-state index in [1.54, 1.807) is 0 Å². The molecule has 0 radical (unpaired) electrons. The largest absolute Gasteiger partial charge is 0.497 e. The van der Waals surface area contributed by atoms with Gasteiger partial charge >= 0.3 is 0 Å². The van der Waals surface area contributed by atoms with Crippen LogP contribution in [0.2, 0.25) is 0 Å². The van der Waals surface area contributed by atoms with Crippen LogP contribution >= 0.6 is 0 Å². The molecule has 0 aliphatic heterocycles. The molecule has 0 heterocycles. The number of hydrogen-bond acceptors (Lipinski definition) is 2. The van der Waals surface area contributed by atoms with E-state index >= 15 is 0 Å². The van der Waals surface area contributed by atoms with Gasteiger partial charge in [0.2, 0.25) is 0 Å². The highest BCUT2D eigenvalue weighted by molar-refractivity contribution is 5.30. The van der Waals surface area contributed by atoms with Crippen LogP contribution in [0.3, 0.4) is 0 Å². The van der Waals surface area contributed by atoms with E-state index in [9.17, 15) is 8.78 Å². The molecule has 0 unspecified atom stereocenters. The summed E-state index contributed by atoms with van der Waals surface area (Å²) in [5.41, 5.74) is 0.187. The monoisotopic (exact) mass is 283 g/mol. The molecule has 1 aliphatic rings. The van der Waals surface area contributed by atoms with Gasteiger partial charge < -0.3 is 10.1 Å². The Morgan fingerprint density at radius 3 is 2.35 bits per heavy atom. The number of hydrogen-bond donors (Lipinski definition) is 1. The molecule has 1 fully saturated rings. The molecule has 0 atom stereocenters. The van der Waals surface area contributed by atoms with Crippen molar-refractivity contribution in [2.45, 2.75) is 45.6 Å². The molecule has 1 N–H and O–H groups in total. The fraction of sp³-hybridized carbons (Fsp3) is 0.625. The van der Waals surface area contributed by atoms with Crippen LogP contribution in [0.4, 0.5) is 8.78 Å². The number of rotatable bonds is 7. The third-order valence-electron chi connectivity index (χ3n) is 3.85. The maximum absolute atomic E-state index is 13.9. The van der Waals surface area contributed by atoms with Crippen molar-refractivity contribution in [3.8, 4) is 5.75 Å². The standard InChI is InChI=1S/C16H23F2NO/c1-16(2,10-19-11-4-5-11)7-6-13-14(17)8-12(20-3)9-15(13)18/h8-9,11,19H,4-7,10H2,1-3H3. The molecule has 1 aliphatic carbocycles. The average molecular weight is 283 g/mol. The highest BCUT2D eigenvalue weighted by Crippen LogP contribution is 2.28. The number of halogens is 2. The molecule has 0 amide bonds. The van der Waals surface area contributed by atoms with Gasteiger partial charge in [0.1, 0.15) is 17.4 Å². The van der Waals surface area contributed by atoms with Gasteiger partial charge in [-0.3, -0.25) is 0 Å². The number of benzene rings is 1. The molecular formula is C16H23F2NO. The van der Waals surface area contributed by atoms with Crippen molar-refractivity contribution in [1.29, 1.82) is 0 Å². The first-order valence-corrected chi connectivity index (χ1v) is 7.16. The second-order valence-corrected chi connectivity index (χ2v) is 6.39. The fourth-order valence-electron chi connectivity index (χ4n) is 2.20. The normalized spacial score (nSPS) is 15.4. The van der Waals surface area contributed by atoms with Gasteiger partial charge in [-0.2, -0.15) is 0 Å². The Labute approximate surface area is 119 Å². The zero-order valence-electron chi connectivity index (χ0n) is 12.4. The SMILES string of the molecule is COc1cc(F)c(CCC(C)(C)CNC2CC2)c(F)c1. The maximum atomic E-state index is 13.9. The molecule has 0 bridgehead atoms. The van der Waals surface area contributed by atoms with Gasteiger partial charge in [0, 0.05) is 30.3 Å². The van der Waals surface area contributed by atoms with E-state index < -0.39 is 11.6 Å². The van der Waals surface area contributed by atoms with E-state index in [0.717, 1.165) is 13.0 Å². The summed E-state index contributed by atoms with van der Waals surface area (Å²) in [5, 5.41) is 3.47. The van der Waals surface area contributed by atoms with Gasteiger partial charge in [0.05, 0.1) is 7.11 Å². The van der Waals surface area contributed by atoms with Crippen molar-refractivity contribution < 1.29 is 13.5 Å². The van der Waals surface area contributed by atoms with Crippen molar-refractivity contribution in [2.24, 2.45) is 5.41 Å². The number of ether oxygens (including phenoxy) is 1. The highest BCUT2D eigenvalue weighted by Gasteiger charge is 2.25. The van der Waals surface area contributed by atoms with Crippen LogP contribution in [0.25, 0.3) is 0 Å². The third-order valence-corrected chi connectivity index (χ3v) is 3.85. The minimum atomic E-state index is -0.521. The zero-order chi connectivity index (χ0) is 14.8. The Balaban J connectivity index is 1.95. The van der Waals surface area contributed by atoms with E-state index in [2.05, 4.69) is 19.2 Å². The van der Waals surface area contributed by atoms with Crippen LogP contribution in [0, 0.1) is 17.0 Å². The number of methoxy groups -OCH3 is 1. The summed E-state index contributed by atoms with van der Waals surface area (Å²) in [6, 6.07) is 3.14. The van der Waals surface area contributed by atoms with Crippen molar-refractivity contribution in [2.75, 3.05) is 13.7 Å². The van der Waals surface area contributed by atoms with Crippen LogP contribution in [0.5, 0.6) is 5.75 Å². The molecular weight excluding hydrogens is 260 g/mol. The Hall–Kier alpha value is -1.16. The molecule has 2 rings (SSSR count). The predicted molar refractivity (Wildman–Crippen MR) is 76.0 cm³/mol. The lowest BCUT2D eigenvalue weighted by atomic mass is 9.86. The van der Waals surface area contributed by atoms with Crippen molar-refractivity contribution in [3.63, 3.8) is 0 Å². The van der Waals surface area contributed by atoms with Crippen LogP contribution in [-0.2, 0) is 6.42 Å². The van der Waals surface area contributed by atoms with E-state index in [4.69, 9.17) is 4.74 Å². The molecule has 0 spiro atoms. The van der Waals surface area contributed by atoms with E-state index in [-0.39, 0.29) is 16.7 Å². The summed E-state index contributed by atoms with van der Waals surface area (Å²) < 4.78 is 32.6. The maximum Gasteiger partial charge on any atom is 0.133 e. The average Bonchev–Trinajstić information content (AvgIpc) is 3.19. The topological polar surface area (TPSA) is 21.3 Å². The second kappa shape index (κ2) is 6.08. The molecule has 112 valence electrons. The Morgan fingerprint density at radius 1 is 1.25 bits per heavy atom. The van der Waals surface area contributed by atoms with Gasteiger partial charge in [0.15, 0.2) is 0 Å². The summed E-state index contributed by atoms with van der Waals surface area (Å²) in [7, 11) is 1.40. The molecule has 20 heavy (non-hydrogen) atoms. The first kappa shape index (κ1) is 15.2. The summed E-state index contributed by atoms with van der Waals surface area (Å²) in [4.78, 5) is 0. The Kier molecular flexibility index (Phi) is 4.63. The van der Waals surface area contributed by atoms with E-state index in [0.29, 0.717) is 12.5 Å². The van der Waals surface area contributed by atoms with Crippen LogP contribution in [0.1, 0.15) is 38.7 Å². The fourth-order valence-corrected chi connectivity index (χ4v) is 2.20. The van der Waals surface area contributed by atoms with Crippen molar-refractivity contribution in [3.05, 3.63) is 29.3 Å². The third kappa shape index (κ3) is 4.17. The van der Waals surface area contributed by atoms with Crippen molar-refractivity contribution >= 4 is 0 Å². The lowest BCUT2D eigenvalue weighted by Gasteiger charge is -2.25. The predicted octanol–water partition coefficient (Wildman–Crippen LogP) is 3.68. The summed E-state index contributed by atoms with van der Waals surface area (Å²) in [6.07, 6.45) is 3.64. The van der Waals surface area contributed by atoms with Crippen LogP contribution in [-0.4, -0.2) is 19.7 Å². The van der Waals surface area contributed by atoms with Crippen LogP contribution in [0.15, 0.2) is 12.1 Å². The first-order chi connectivity index (χ1) is 9.41. The van der Waals surface area contributed by atoms with Gasteiger partial charge in [-0.25, -0.2) is 8.78 Å². The zero-order valence-corrected chi connectivity index (χ0v) is 12.4. The van der Waals surface area contributed by atoms with Gasteiger partial charge in [-0.05, 0) is 31.1 Å². The molecule has 4 heteroatoms. The molecule has 1 aromatic rings. The highest BCUT2D eigenvalue weighted by atomic mass is 19.1. The minimum Gasteiger partial charge on any atom is -0.497 e. The van der Waals surface area contributed by atoms with E-state index in [1.165, 1.54) is 32.1 Å². The van der Waals surface area contributed by atoms with Crippen LogP contribution < -0.4 is 10.1 Å². The second-order valence-electron chi connectivity index (χ2n) is 6.39. The smallest absolute Gasteiger partial charge is 0.133 e. The summed E-state index contributed by atoms with van der Waals surface area (Å²) >= 11 is 0. The molecule has 1 aromatic carbocycles. The Morgan fingerprint density at radius 2 is 1.85 bits per heavy atom. The quantitative estimate of drug-likeness (QED) is 0.824. The van der Waals surface area contributed by atoms with Gasteiger partial charge in [-0.15, -0.1) is 0 Å². The van der Waals surface area contributed by atoms with Crippen molar-refractivity contribution in [1.82, 2.24) is 5.32 Å². The van der Waals surface area contributed by atoms with Gasteiger partial charge in [-0.1, -0.05) is 13.8 Å².